The summed E-state index contributed by atoms with van der Waals surface area (Å²) in [5.41, 5.74) is 0.403. The Morgan fingerprint density at radius 2 is 2.29 bits per heavy atom. The van der Waals surface area contributed by atoms with Gasteiger partial charge in [0.25, 0.3) is 5.91 Å². The van der Waals surface area contributed by atoms with Gasteiger partial charge in [-0.2, -0.15) is 5.26 Å². The van der Waals surface area contributed by atoms with Gasteiger partial charge in [-0.3, -0.25) is 4.79 Å². The maximum atomic E-state index is 12.1. The monoisotopic (exact) mass is 295 g/mol. The highest BCUT2D eigenvalue weighted by atomic mass is 79.9. The molecule has 0 atom stereocenters. The van der Waals surface area contributed by atoms with Gasteiger partial charge in [-0.15, -0.1) is 0 Å². The molecule has 0 bridgehead atoms. The maximum absolute atomic E-state index is 12.1. The molecular weight excluding hydrogens is 282 g/mol. The zero-order valence-electron chi connectivity index (χ0n) is 9.85. The van der Waals surface area contributed by atoms with E-state index in [-0.39, 0.29) is 11.9 Å². The van der Waals surface area contributed by atoms with Crippen molar-refractivity contribution in [3.8, 4) is 6.07 Å². The summed E-state index contributed by atoms with van der Waals surface area (Å²) >= 11 is 3.27. The van der Waals surface area contributed by atoms with Gasteiger partial charge in [0.2, 0.25) is 0 Å². The first kappa shape index (κ1) is 13.7. The van der Waals surface area contributed by atoms with Gasteiger partial charge in [0.15, 0.2) is 0 Å². The molecule has 90 valence electrons. The number of aromatic nitrogens is 1. The third-order valence-electron chi connectivity index (χ3n) is 2.30. The minimum Gasteiger partial charge on any atom is -0.334 e. The highest BCUT2D eigenvalue weighted by Crippen LogP contribution is 2.11. The SMILES string of the molecule is CC(C)N(CCC#N)C(=O)c1ccc(Br)cn1. The van der Waals surface area contributed by atoms with Crippen LogP contribution >= 0.6 is 15.9 Å². The lowest BCUT2D eigenvalue weighted by Gasteiger charge is -2.25. The molecule has 4 nitrogen and oxygen atoms in total. The van der Waals surface area contributed by atoms with E-state index in [9.17, 15) is 4.79 Å². The number of pyridine rings is 1. The lowest BCUT2D eigenvalue weighted by atomic mass is 10.2. The Balaban J connectivity index is 2.84. The number of halogens is 1. The average Bonchev–Trinajstić information content (AvgIpc) is 2.29. The van der Waals surface area contributed by atoms with E-state index >= 15 is 0 Å². The number of rotatable bonds is 4. The molecule has 0 spiro atoms. The normalized spacial score (nSPS) is 10.1. The summed E-state index contributed by atoms with van der Waals surface area (Å²) < 4.78 is 0.835. The predicted molar refractivity (Wildman–Crippen MR) is 68.3 cm³/mol. The zero-order chi connectivity index (χ0) is 12.8. The molecule has 1 aromatic rings. The molecule has 0 saturated carbocycles. The highest BCUT2D eigenvalue weighted by molar-refractivity contribution is 9.10. The standard InChI is InChI=1S/C12H14BrN3O/c1-9(2)16(7-3-6-14)12(17)11-5-4-10(13)8-15-11/h4-5,8-9H,3,7H2,1-2H3. The molecule has 0 aromatic carbocycles. The molecule has 0 aliphatic rings. The van der Waals surface area contributed by atoms with Gasteiger partial charge in [-0.1, -0.05) is 0 Å². The molecule has 0 unspecified atom stereocenters. The average molecular weight is 296 g/mol. The summed E-state index contributed by atoms with van der Waals surface area (Å²) in [6.07, 6.45) is 1.93. The zero-order valence-corrected chi connectivity index (χ0v) is 11.4. The second-order valence-electron chi connectivity index (χ2n) is 3.86. The van der Waals surface area contributed by atoms with Gasteiger partial charge in [-0.25, -0.2) is 4.98 Å². The number of nitriles is 1. The number of amides is 1. The fraction of sp³-hybridized carbons (Fsp3) is 0.417. The Labute approximate surface area is 109 Å². The van der Waals surface area contributed by atoms with Crippen LogP contribution in [0, 0.1) is 11.3 Å². The molecule has 1 aromatic heterocycles. The molecule has 1 heterocycles. The van der Waals surface area contributed by atoms with Crippen molar-refractivity contribution in [2.75, 3.05) is 6.54 Å². The summed E-state index contributed by atoms with van der Waals surface area (Å²) in [5.74, 6) is -0.136. The molecule has 0 aliphatic carbocycles. The lowest BCUT2D eigenvalue weighted by Crippen LogP contribution is -2.38. The largest absolute Gasteiger partial charge is 0.334 e. The van der Waals surface area contributed by atoms with Crippen LogP contribution in [0.2, 0.25) is 0 Å². The van der Waals surface area contributed by atoms with E-state index in [0.29, 0.717) is 18.7 Å². The van der Waals surface area contributed by atoms with E-state index in [4.69, 9.17) is 5.26 Å². The van der Waals surface area contributed by atoms with Crippen LogP contribution < -0.4 is 0 Å². The van der Waals surface area contributed by atoms with Gasteiger partial charge in [0, 0.05) is 23.3 Å². The van der Waals surface area contributed by atoms with Crippen molar-refractivity contribution in [3.63, 3.8) is 0 Å². The van der Waals surface area contributed by atoms with Crippen molar-refractivity contribution in [2.45, 2.75) is 26.3 Å². The van der Waals surface area contributed by atoms with E-state index in [2.05, 4.69) is 20.9 Å². The third-order valence-corrected chi connectivity index (χ3v) is 2.76. The molecule has 0 N–H and O–H groups in total. The molecule has 1 rings (SSSR count). The Kier molecular flexibility index (Phi) is 5.11. The predicted octanol–water partition coefficient (Wildman–Crippen LogP) is 2.61. The second-order valence-corrected chi connectivity index (χ2v) is 4.78. The van der Waals surface area contributed by atoms with E-state index in [0.717, 1.165) is 4.47 Å². The van der Waals surface area contributed by atoms with Gasteiger partial charge < -0.3 is 4.90 Å². The second kappa shape index (κ2) is 6.36. The minimum atomic E-state index is -0.136. The van der Waals surface area contributed by atoms with Crippen molar-refractivity contribution < 1.29 is 4.79 Å². The number of carbonyl (C=O) groups is 1. The highest BCUT2D eigenvalue weighted by Gasteiger charge is 2.19. The molecule has 0 fully saturated rings. The Morgan fingerprint density at radius 1 is 1.59 bits per heavy atom. The smallest absolute Gasteiger partial charge is 0.272 e. The van der Waals surface area contributed by atoms with Gasteiger partial charge in [0.05, 0.1) is 12.5 Å². The first-order valence-electron chi connectivity index (χ1n) is 5.35. The maximum Gasteiger partial charge on any atom is 0.272 e. The molecule has 17 heavy (non-hydrogen) atoms. The number of hydrogen-bond donors (Lipinski definition) is 0. The van der Waals surface area contributed by atoms with Crippen LogP contribution in [-0.4, -0.2) is 28.4 Å². The van der Waals surface area contributed by atoms with Crippen LogP contribution in [-0.2, 0) is 0 Å². The van der Waals surface area contributed by atoms with Gasteiger partial charge in [-0.05, 0) is 41.9 Å². The molecule has 5 heteroatoms. The summed E-state index contributed by atoms with van der Waals surface area (Å²) in [7, 11) is 0. The summed E-state index contributed by atoms with van der Waals surface area (Å²) in [5, 5.41) is 8.58. The Morgan fingerprint density at radius 3 is 2.76 bits per heavy atom. The number of carbonyl (C=O) groups excluding carboxylic acids is 1. The summed E-state index contributed by atoms with van der Waals surface area (Å²) in [4.78, 5) is 17.9. The van der Waals surface area contributed by atoms with Crippen molar-refractivity contribution in [1.82, 2.24) is 9.88 Å². The van der Waals surface area contributed by atoms with Crippen molar-refractivity contribution >= 4 is 21.8 Å². The van der Waals surface area contributed by atoms with Gasteiger partial charge >= 0.3 is 0 Å². The van der Waals surface area contributed by atoms with Gasteiger partial charge in [0.1, 0.15) is 5.69 Å². The third kappa shape index (κ3) is 3.82. The van der Waals surface area contributed by atoms with E-state index in [1.54, 1.807) is 23.2 Å². The van der Waals surface area contributed by atoms with E-state index in [1.807, 2.05) is 19.9 Å². The molecular formula is C12H14BrN3O. The molecule has 0 aliphatic heterocycles. The fourth-order valence-corrected chi connectivity index (χ4v) is 1.65. The number of nitrogens with zero attached hydrogens (tertiary/aromatic N) is 3. The van der Waals surface area contributed by atoms with Crippen LogP contribution in [0.4, 0.5) is 0 Å². The van der Waals surface area contributed by atoms with E-state index < -0.39 is 0 Å². The van der Waals surface area contributed by atoms with Crippen LogP contribution in [0.5, 0.6) is 0 Å². The van der Waals surface area contributed by atoms with Crippen molar-refractivity contribution in [2.24, 2.45) is 0 Å². The van der Waals surface area contributed by atoms with Crippen LogP contribution in [0.3, 0.4) is 0 Å². The molecule has 0 saturated heterocycles. The van der Waals surface area contributed by atoms with Crippen LogP contribution in [0.25, 0.3) is 0 Å². The molecule has 1 amide bonds. The summed E-state index contributed by atoms with van der Waals surface area (Å²) in [6.45, 7) is 4.28. The summed E-state index contributed by atoms with van der Waals surface area (Å²) in [6, 6.07) is 5.56. The lowest BCUT2D eigenvalue weighted by molar-refractivity contribution is 0.0704. The minimum absolute atomic E-state index is 0.0568. The van der Waals surface area contributed by atoms with E-state index in [1.165, 1.54) is 0 Å². The molecule has 0 radical (unpaired) electrons. The van der Waals surface area contributed by atoms with Crippen molar-refractivity contribution in [3.05, 3.63) is 28.5 Å². The Bertz CT molecular complexity index is 422. The van der Waals surface area contributed by atoms with Crippen LogP contribution in [0.15, 0.2) is 22.8 Å². The first-order valence-corrected chi connectivity index (χ1v) is 6.15. The van der Waals surface area contributed by atoms with Crippen molar-refractivity contribution in [1.29, 1.82) is 5.26 Å². The number of hydrogen-bond acceptors (Lipinski definition) is 3. The first-order chi connectivity index (χ1) is 8.06. The fourth-order valence-electron chi connectivity index (χ4n) is 1.41. The Hall–Kier alpha value is -1.41. The topological polar surface area (TPSA) is 57.0 Å². The van der Waals surface area contributed by atoms with Crippen LogP contribution in [0.1, 0.15) is 30.8 Å². The quantitative estimate of drug-likeness (QED) is 0.858.